The van der Waals surface area contributed by atoms with E-state index in [-0.39, 0.29) is 0 Å². The summed E-state index contributed by atoms with van der Waals surface area (Å²) >= 11 is 0. The van der Waals surface area contributed by atoms with Gasteiger partial charge in [0.05, 0.1) is 0 Å². The Balaban J connectivity index is 2.45. The molecule has 1 fully saturated rings. The van der Waals surface area contributed by atoms with Crippen LogP contribution in [0.15, 0.2) is 0 Å². The Kier molecular flexibility index (Phi) is 3.40. The van der Waals surface area contributed by atoms with E-state index in [1.165, 1.54) is 0 Å². The summed E-state index contributed by atoms with van der Waals surface area (Å²) in [5, 5.41) is 0. The van der Waals surface area contributed by atoms with Crippen molar-refractivity contribution in [2.45, 2.75) is 33.0 Å². The summed E-state index contributed by atoms with van der Waals surface area (Å²) < 4.78 is 5.63. The molecule has 0 spiro atoms. The summed E-state index contributed by atoms with van der Waals surface area (Å²) in [4.78, 5) is 2.48. The third-order valence-electron chi connectivity index (χ3n) is 2.63. The summed E-state index contributed by atoms with van der Waals surface area (Å²) in [6, 6.07) is 0. The fraction of sp³-hybridized carbons (Fsp3) is 1.00. The van der Waals surface area contributed by atoms with Gasteiger partial charge in [0.2, 0.25) is 0 Å². The van der Waals surface area contributed by atoms with Gasteiger partial charge in [0.15, 0.2) is 0 Å². The Morgan fingerprint density at radius 2 is 2.27 bits per heavy atom. The molecular weight excluding hydrogens is 137 g/mol. The number of rotatable bonds is 2. The van der Waals surface area contributed by atoms with Crippen LogP contribution in [0, 0.1) is 0 Å². The van der Waals surface area contributed by atoms with Gasteiger partial charge in [-0.05, 0) is 12.9 Å². The fourth-order valence-corrected chi connectivity index (χ4v) is 1.80. The Bertz CT molecular complexity index is 109. The van der Waals surface area contributed by atoms with Crippen molar-refractivity contribution in [2.24, 2.45) is 0 Å². The summed E-state index contributed by atoms with van der Waals surface area (Å²) in [6.45, 7) is 10.3. The highest BCUT2D eigenvalue weighted by Crippen LogP contribution is 2.12. The van der Waals surface area contributed by atoms with Crippen molar-refractivity contribution in [2.75, 3.05) is 19.7 Å². The molecule has 1 rings (SSSR count). The van der Waals surface area contributed by atoms with Crippen molar-refractivity contribution in [1.82, 2.24) is 4.90 Å². The molecule has 1 aliphatic heterocycles. The molecule has 1 unspecified atom stereocenters. The van der Waals surface area contributed by atoms with Crippen LogP contribution >= 0.6 is 0 Å². The summed E-state index contributed by atoms with van der Waals surface area (Å²) in [5.74, 6) is 0.610. The van der Waals surface area contributed by atoms with E-state index in [2.05, 4.69) is 25.7 Å². The second kappa shape index (κ2) is 4.12. The fourth-order valence-electron chi connectivity index (χ4n) is 1.80. The Morgan fingerprint density at radius 1 is 1.55 bits per heavy atom. The van der Waals surface area contributed by atoms with Crippen molar-refractivity contribution in [3.63, 3.8) is 0 Å². The van der Waals surface area contributed by atoms with E-state index in [0.717, 1.165) is 26.0 Å². The minimum atomic E-state index is 0.462. The molecule has 1 atom stereocenters. The molecule has 0 bridgehead atoms. The van der Waals surface area contributed by atoms with Gasteiger partial charge in [-0.3, -0.25) is 0 Å². The van der Waals surface area contributed by atoms with Crippen molar-refractivity contribution >= 4 is 6.92 Å². The number of hydrogen-bond acceptors (Lipinski definition) is 2. The lowest BCUT2D eigenvalue weighted by molar-refractivity contribution is 0.149. The molecule has 0 aromatic rings. The predicted octanol–water partition coefficient (Wildman–Crippen LogP) is 1.28. The topological polar surface area (TPSA) is 12.5 Å². The first-order valence-electron chi connectivity index (χ1n) is 4.65. The van der Waals surface area contributed by atoms with Crippen LogP contribution in [0.4, 0.5) is 0 Å². The molecule has 2 nitrogen and oxygen atoms in total. The summed E-state index contributed by atoms with van der Waals surface area (Å²) in [5.41, 5.74) is 0. The smallest absolute Gasteiger partial charge is 0.309 e. The van der Waals surface area contributed by atoms with E-state index in [1.54, 1.807) is 0 Å². The molecular formula is C8H18BNO. The molecule has 1 aliphatic rings. The lowest BCUT2D eigenvalue weighted by Crippen LogP contribution is -2.51. The molecule has 0 amide bonds. The highest BCUT2D eigenvalue weighted by Gasteiger charge is 2.29. The quantitative estimate of drug-likeness (QED) is 0.557. The summed E-state index contributed by atoms with van der Waals surface area (Å²) in [6.07, 6.45) is 1.14. The number of nitrogens with zero attached hydrogens (tertiary/aromatic N) is 1. The van der Waals surface area contributed by atoms with Gasteiger partial charge in [-0.2, -0.15) is 0 Å². The average molecular weight is 155 g/mol. The zero-order valence-corrected chi connectivity index (χ0v) is 7.84. The standard InChI is InChI=1S/C8H18BNO/c1-4-9-8(3)10(5-2)6-7-11-9/h8H,4-7H2,1-3H3. The molecule has 0 radical (unpaired) electrons. The van der Waals surface area contributed by atoms with Gasteiger partial charge in [0, 0.05) is 19.1 Å². The maximum Gasteiger partial charge on any atom is 0.309 e. The Morgan fingerprint density at radius 3 is 2.82 bits per heavy atom. The maximum atomic E-state index is 5.63. The van der Waals surface area contributed by atoms with E-state index < -0.39 is 0 Å². The van der Waals surface area contributed by atoms with Crippen molar-refractivity contribution in [1.29, 1.82) is 0 Å². The zero-order chi connectivity index (χ0) is 8.27. The van der Waals surface area contributed by atoms with Crippen LogP contribution in [0.1, 0.15) is 20.8 Å². The maximum absolute atomic E-state index is 5.63. The molecule has 0 aromatic heterocycles. The largest absolute Gasteiger partial charge is 0.433 e. The van der Waals surface area contributed by atoms with Gasteiger partial charge in [-0.25, -0.2) is 0 Å². The average Bonchev–Trinajstić information content (AvgIpc) is 2.05. The lowest BCUT2D eigenvalue weighted by Gasteiger charge is -2.36. The van der Waals surface area contributed by atoms with Gasteiger partial charge < -0.3 is 9.55 Å². The van der Waals surface area contributed by atoms with E-state index in [9.17, 15) is 0 Å². The monoisotopic (exact) mass is 155 g/mol. The molecule has 0 N–H and O–H groups in total. The summed E-state index contributed by atoms with van der Waals surface area (Å²) in [7, 11) is 0. The Hall–Kier alpha value is -0.0151. The van der Waals surface area contributed by atoms with Crippen molar-refractivity contribution in [3.05, 3.63) is 0 Å². The third kappa shape index (κ3) is 1.97. The first kappa shape index (κ1) is 9.08. The normalized spacial score (nSPS) is 27.5. The SMILES string of the molecule is CCB1OCCN(CC)C1C. The third-order valence-corrected chi connectivity index (χ3v) is 2.63. The Labute approximate surface area is 70.0 Å². The van der Waals surface area contributed by atoms with Crippen LogP contribution in [0.3, 0.4) is 0 Å². The van der Waals surface area contributed by atoms with Gasteiger partial charge in [-0.1, -0.05) is 20.8 Å². The van der Waals surface area contributed by atoms with Crippen LogP contribution in [-0.2, 0) is 4.65 Å². The first-order valence-corrected chi connectivity index (χ1v) is 4.65. The van der Waals surface area contributed by atoms with Crippen LogP contribution in [0.2, 0.25) is 6.32 Å². The second-order valence-corrected chi connectivity index (χ2v) is 3.19. The van der Waals surface area contributed by atoms with Crippen molar-refractivity contribution < 1.29 is 4.65 Å². The van der Waals surface area contributed by atoms with Crippen molar-refractivity contribution in [3.8, 4) is 0 Å². The van der Waals surface area contributed by atoms with Crippen LogP contribution < -0.4 is 0 Å². The van der Waals surface area contributed by atoms with Crippen LogP contribution in [0.5, 0.6) is 0 Å². The number of likely N-dealkylation sites (N-methyl/N-ethyl adjacent to an activating group) is 1. The molecule has 0 aromatic carbocycles. The predicted molar refractivity (Wildman–Crippen MR) is 48.9 cm³/mol. The van der Waals surface area contributed by atoms with Gasteiger partial charge in [0.25, 0.3) is 0 Å². The zero-order valence-electron chi connectivity index (χ0n) is 7.84. The molecule has 64 valence electrons. The molecule has 1 heterocycles. The minimum Gasteiger partial charge on any atom is -0.433 e. The molecule has 11 heavy (non-hydrogen) atoms. The highest BCUT2D eigenvalue weighted by atomic mass is 16.4. The lowest BCUT2D eigenvalue weighted by atomic mass is 9.57. The van der Waals surface area contributed by atoms with Crippen LogP contribution in [0.25, 0.3) is 0 Å². The van der Waals surface area contributed by atoms with E-state index in [0.29, 0.717) is 12.9 Å². The second-order valence-electron chi connectivity index (χ2n) is 3.19. The molecule has 1 saturated heterocycles. The molecule has 0 saturated carbocycles. The van der Waals surface area contributed by atoms with E-state index >= 15 is 0 Å². The first-order chi connectivity index (χ1) is 5.29. The highest BCUT2D eigenvalue weighted by molar-refractivity contribution is 6.53. The van der Waals surface area contributed by atoms with E-state index in [4.69, 9.17) is 4.65 Å². The molecule has 3 heteroatoms. The van der Waals surface area contributed by atoms with Crippen LogP contribution in [-0.4, -0.2) is 37.5 Å². The van der Waals surface area contributed by atoms with Gasteiger partial charge >= 0.3 is 6.92 Å². The van der Waals surface area contributed by atoms with E-state index in [1.807, 2.05) is 0 Å². The van der Waals surface area contributed by atoms with Gasteiger partial charge in [-0.15, -0.1) is 0 Å². The van der Waals surface area contributed by atoms with Gasteiger partial charge in [0.1, 0.15) is 0 Å². The molecule has 0 aliphatic carbocycles. The number of hydrogen-bond donors (Lipinski definition) is 0. The minimum absolute atomic E-state index is 0.462.